The van der Waals surface area contributed by atoms with Crippen LogP contribution in [0.2, 0.25) is 0 Å². The predicted octanol–water partition coefficient (Wildman–Crippen LogP) is 4.59. The van der Waals surface area contributed by atoms with Crippen LogP contribution in [0.4, 0.5) is 0 Å². The molecule has 0 fully saturated rings. The first kappa shape index (κ1) is 12.1. The van der Waals surface area contributed by atoms with Crippen LogP contribution in [0.15, 0.2) is 48.5 Å². The van der Waals surface area contributed by atoms with Crippen LogP contribution in [-0.4, -0.2) is 14.2 Å². The van der Waals surface area contributed by atoms with E-state index in [2.05, 4.69) is 30.3 Å². The quantitative estimate of drug-likeness (QED) is 0.693. The minimum Gasteiger partial charge on any atom is -0.497 e. The van der Waals surface area contributed by atoms with Gasteiger partial charge in [0.2, 0.25) is 0 Å². The molecule has 1 heterocycles. The molecule has 0 amide bonds. The summed E-state index contributed by atoms with van der Waals surface area (Å²) in [6, 6.07) is 16.5. The molecule has 0 radical (unpaired) electrons. The van der Waals surface area contributed by atoms with Gasteiger partial charge in [-0.25, -0.2) is 0 Å². The van der Waals surface area contributed by atoms with Crippen molar-refractivity contribution in [1.82, 2.24) is 0 Å². The van der Waals surface area contributed by atoms with Gasteiger partial charge >= 0.3 is 0 Å². The minimum absolute atomic E-state index is 0.807. The highest BCUT2D eigenvalue weighted by molar-refractivity contribution is 7.22. The van der Waals surface area contributed by atoms with E-state index in [9.17, 15) is 0 Å². The second kappa shape index (κ2) is 4.94. The number of hydrogen-bond donors (Lipinski definition) is 0. The lowest BCUT2D eigenvalue weighted by Gasteiger charge is -2.08. The van der Waals surface area contributed by atoms with Gasteiger partial charge in [0, 0.05) is 21.2 Å². The molecule has 0 atom stereocenters. The van der Waals surface area contributed by atoms with E-state index in [-0.39, 0.29) is 0 Å². The van der Waals surface area contributed by atoms with E-state index >= 15 is 0 Å². The summed E-state index contributed by atoms with van der Waals surface area (Å²) < 4.78 is 12.0. The van der Waals surface area contributed by atoms with E-state index in [1.807, 2.05) is 18.2 Å². The molecule has 0 aliphatic rings. The maximum atomic E-state index is 5.46. The summed E-state index contributed by atoms with van der Waals surface area (Å²) in [5.41, 5.74) is 1.10. The Morgan fingerprint density at radius 1 is 0.895 bits per heavy atom. The third-order valence-corrected chi connectivity index (χ3v) is 4.25. The summed E-state index contributed by atoms with van der Waals surface area (Å²) in [7, 11) is 3.35. The van der Waals surface area contributed by atoms with Crippen LogP contribution in [0.25, 0.3) is 20.5 Å². The Labute approximate surface area is 116 Å². The Bertz CT molecular complexity index is 683. The Kier molecular flexibility index (Phi) is 3.13. The molecule has 1 aromatic heterocycles. The molecule has 0 spiro atoms. The average Bonchev–Trinajstić information content (AvgIpc) is 2.90. The van der Waals surface area contributed by atoms with Crippen molar-refractivity contribution in [2.75, 3.05) is 14.2 Å². The molecule has 3 aromatic rings. The molecule has 0 bridgehead atoms. The minimum atomic E-state index is 0.807. The molecule has 0 saturated carbocycles. The number of rotatable bonds is 3. The van der Waals surface area contributed by atoms with Crippen molar-refractivity contribution in [3.05, 3.63) is 48.5 Å². The van der Waals surface area contributed by atoms with Crippen LogP contribution >= 0.6 is 11.3 Å². The van der Waals surface area contributed by atoms with E-state index in [1.54, 1.807) is 25.6 Å². The van der Waals surface area contributed by atoms with Gasteiger partial charge < -0.3 is 9.47 Å². The van der Waals surface area contributed by atoms with Gasteiger partial charge in [0.1, 0.15) is 11.5 Å². The van der Waals surface area contributed by atoms with Crippen LogP contribution in [0.1, 0.15) is 0 Å². The molecular weight excluding hydrogens is 256 g/mol. The highest BCUT2D eigenvalue weighted by Crippen LogP contribution is 2.39. The van der Waals surface area contributed by atoms with Gasteiger partial charge in [0.05, 0.1) is 14.2 Å². The first-order chi connectivity index (χ1) is 9.31. The van der Waals surface area contributed by atoms with Crippen LogP contribution in [0.5, 0.6) is 11.5 Å². The van der Waals surface area contributed by atoms with Crippen molar-refractivity contribution < 1.29 is 9.47 Å². The fraction of sp³-hybridized carbons (Fsp3) is 0.125. The monoisotopic (exact) mass is 270 g/mol. The molecule has 2 nitrogen and oxygen atoms in total. The number of ether oxygens (including phenoxy) is 2. The normalized spacial score (nSPS) is 10.6. The van der Waals surface area contributed by atoms with Crippen LogP contribution in [0, 0.1) is 0 Å². The molecule has 2 aromatic carbocycles. The van der Waals surface area contributed by atoms with Gasteiger partial charge in [0.25, 0.3) is 0 Å². The highest BCUT2D eigenvalue weighted by atomic mass is 32.1. The smallest absolute Gasteiger partial charge is 0.131 e. The molecule has 0 aliphatic heterocycles. The average molecular weight is 270 g/mol. The number of fused-ring (bicyclic) bond motifs is 1. The fourth-order valence-electron chi connectivity index (χ4n) is 2.12. The molecule has 0 unspecified atom stereocenters. The van der Waals surface area contributed by atoms with Crippen LogP contribution < -0.4 is 9.47 Å². The van der Waals surface area contributed by atoms with Crippen molar-refractivity contribution in [2.45, 2.75) is 0 Å². The molecule has 96 valence electrons. The van der Waals surface area contributed by atoms with Crippen molar-refractivity contribution in [2.24, 2.45) is 0 Å². The summed E-state index contributed by atoms with van der Waals surface area (Å²) in [6.07, 6.45) is 0. The standard InChI is InChI=1S/C16H14O2S/c1-17-12-7-8-13(14(10-12)18-2)16-9-11-5-3-4-6-15(11)19-16/h3-10H,1-2H3. The SMILES string of the molecule is COc1ccc(-c2cc3ccccc3s2)c(OC)c1. The van der Waals surface area contributed by atoms with Crippen LogP contribution in [-0.2, 0) is 0 Å². The van der Waals surface area contributed by atoms with Crippen molar-refractivity contribution in [3.63, 3.8) is 0 Å². The summed E-state index contributed by atoms with van der Waals surface area (Å²) in [5, 5.41) is 1.26. The Hall–Kier alpha value is -2.00. The maximum absolute atomic E-state index is 5.46. The van der Waals surface area contributed by atoms with Crippen molar-refractivity contribution >= 4 is 21.4 Å². The first-order valence-corrected chi connectivity index (χ1v) is 6.84. The first-order valence-electron chi connectivity index (χ1n) is 6.03. The topological polar surface area (TPSA) is 18.5 Å². The molecule has 0 aliphatic carbocycles. The van der Waals surface area contributed by atoms with Crippen LogP contribution in [0.3, 0.4) is 0 Å². The summed E-state index contributed by atoms with van der Waals surface area (Å²) >= 11 is 1.77. The zero-order valence-electron chi connectivity index (χ0n) is 10.8. The lowest BCUT2D eigenvalue weighted by molar-refractivity contribution is 0.395. The molecular formula is C16H14O2S. The predicted molar refractivity (Wildman–Crippen MR) is 80.4 cm³/mol. The molecule has 19 heavy (non-hydrogen) atoms. The van der Waals surface area contributed by atoms with Gasteiger partial charge in [0.15, 0.2) is 0 Å². The zero-order valence-corrected chi connectivity index (χ0v) is 11.7. The third-order valence-electron chi connectivity index (χ3n) is 3.10. The van der Waals surface area contributed by atoms with E-state index in [1.165, 1.54) is 15.0 Å². The second-order valence-corrected chi connectivity index (χ2v) is 5.30. The van der Waals surface area contributed by atoms with Gasteiger partial charge in [-0.3, -0.25) is 0 Å². The van der Waals surface area contributed by atoms with E-state index < -0.39 is 0 Å². The molecule has 0 N–H and O–H groups in total. The third kappa shape index (κ3) is 2.17. The largest absolute Gasteiger partial charge is 0.497 e. The number of benzene rings is 2. The summed E-state index contributed by atoms with van der Waals surface area (Å²) in [5.74, 6) is 1.65. The molecule has 3 rings (SSSR count). The van der Waals surface area contributed by atoms with Crippen molar-refractivity contribution in [3.8, 4) is 21.9 Å². The van der Waals surface area contributed by atoms with E-state index in [0.717, 1.165) is 17.1 Å². The number of hydrogen-bond acceptors (Lipinski definition) is 3. The Morgan fingerprint density at radius 2 is 1.74 bits per heavy atom. The summed E-state index contributed by atoms with van der Waals surface area (Å²) in [4.78, 5) is 1.21. The fourth-order valence-corrected chi connectivity index (χ4v) is 3.21. The lowest BCUT2D eigenvalue weighted by Crippen LogP contribution is -1.89. The highest BCUT2D eigenvalue weighted by Gasteiger charge is 2.10. The van der Waals surface area contributed by atoms with Gasteiger partial charge in [-0.15, -0.1) is 11.3 Å². The van der Waals surface area contributed by atoms with Gasteiger partial charge in [-0.2, -0.15) is 0 Å². The van der Waals surface area contributed by atoms with Gasteiger partial charge in [-0.05, 0) is 29.7 Å². The number of thiophene rings is 1. The van der Waals surface area contributed by atoms with Gasteiger partial charge in [-0.1, -0.05) is 18.2 Å². The van der Waals surface area contributed by atoms with E-state index in [0.29, 0.717) is 0 Å². The number of methoxy groups -OCH3 is 2. The summed E-state index contributed by atoms with van der Waals surface area (Å²) in [6.45, 7) is 0. The second-order valence-electron chi connectivity index (χ2n) is 4.21. The lowest BCUT2D eigenvalue weighted by atomic mass is 10.1. The molecule has 3 heteroatoms. The zero-order chi connectivity index (χ0) is 13.2. The Balaban J connectivity index is 2.15. The van der Waals surface area contributed by atoms with E-state index in [4.69, 9.17) is 9.47 Å². The molecule has 0 saturated heterocycles. The maximum Gasteiger partial charge on any atom is 0.131 e. The Morgan fingerprint density at radius 3 is 2.47 bits per heavy atom. The van der Waals surface area contributed by atoms with Crippen molar-refractivity contribution in [1.29, 1.82) is 0 Å².